The number of nitrogens with two attached hydrogens (primary N) is 1. The van der Waals surface area contributed by atoms with Crippen molar-refractivity contribution in [1.82, 2.24) is 15.8 Å². The predicted molar refractivity (Wildman–Crippen MR) is 41.5 cm³/mol. The van der Waals surface area contributed by atoms with Gasteiger partial charge in [-0.1, -0.05) is 0 Å². The average molecular weight is 144 g/mol. The number of piperazine rings is 1. The second kappa shape index (κ2) is 4.62. The van der Waals surface area contributed by atoms with Gasteiger partial charge in [-0.15, -0.1) is 0 Å². The maximum Gasteiger partial charge on any atom is 0.0256 e. The van der Waals surface area contributed by atoms with Gasteiger partial charge in [-0.25, -0.2) is 5.01 Å². The Morgan fingerprint density at radius 3 is 2.70 bits per heavy atom. The molecule has 0 amide bonds. The van der Waals surface area contributed by atoms with E-state index < -0.39 is 0 Å². The van der Waals surface area contributed by atoms with Crippen LogP contribution in [0.15, 0.2) is 0 Å². The number of nitrogens with zero attached hydrogens (tertiary/aromatic N) is 1. The molecule has 1 rings (SSSR count). The molecule has 1 saturated heterocycles. The quantitative estimate of drug-likeness (QED) is 0.444. The van der Waals surface area contributed by atoms with Gasteiger partial charge in [0, 0.05) is 39.3 Å². The van der Waals surface area contributed by atoms with Crippen LogP contribution in [0.25, 0.3) is 0 Å². The molecule has 0 atom stereocenters. The number of hydrazine groups is 1. The second-order valence-electron chi connectivity index (χ2n) is 2.43. The average Bonchev–Trinajstić information content (AvgIpc) is 2.03. The normalized spacial score (nSPS) is 21.3. The number of nitrogens with one attached hydrogen (secondary N) is 2. The monoisotopic (exact) mass is 144 g/mol. The Bertz CT molecular complexity index is 79.8. The molecule has 1 aliphatic heterocycles. The first-order valence-electron chi connectivity index (χ1n) is 3.82. The van der Waals surface area contributed by atoms with Crippen LogP contribution >= 0.6 is 0 Å². The summed E-state index contributed by atoms with van der Waals surface area (Å²) in [6, 6.07) is 0. The smallest absolute Gasteiger partial charge is 0.0256 e. The lowest BCUT2D eigenvalue weighted by Gasteiger charge is -2.27. The van der Waals surface area contributed by atoms with Crippen LogP contribution in [0.5, 0.6) is 0 Å². The minimum Gasteiger partial charge on any atom is -0.329 e. The van der Waals surface area contributed by atoms with E-state index in [9.17, 15) is 0 Å². The molecule has 0 aliphatic carbocycles. The molecule has 1 aliphatic rings. The molecule has 1 heterocycles. The SMILES string of the molecule is NCCNN1CCNCC1. The summed E-state index contributed by atoms with van der Waals surface area (Å²) in [5.41, 5.74) is 8.58. The van der Waals surface area contributed by atoms with Crippen LogP contribution in [0.4, 0.5) is 0 Å². The summed E-state index contributed by atoms with van der Waals surface area (Å²) in [6.07, 6.45) is 0. The fraction of sp³-hybridized carbons (Fsp3) is 1.00. The largest absolute Gasteiger partial charge is 0.329 e. The predicted octanol–water partition coefficient (Wildman–Crippen LogP) is -1.65. The van der Waals surface area contributed by atoms with E-state index in [-0.39, 0.29) is 0 Å². The molecule has 4 N–H and O–H groups in total. The maximum absolute atomic E-state index is 5.34. The van der Waals surface area contributed by atoms with Crippen molar-refractivity contribution in [3.63, 3.8) is 0 Å². The molecular formula is C6H16N4. The van der Waals surface area contributed by atoms with Crippen LogP contribution in [-0.4, -0.2) is 44.3 Å². The summed E-state index contributed by atoms with van der Waals surface area (Å²) in [7, 11) is 0. The first-order valence-corrected chi connectivity index (χ1v) is 3.82. The van der Waals surface area contributed by atoms with Gasteiger partial charge in [0.1, 0.15) is 0 Å². The highest BCUT2D eigenvalue weighted by molar-refractivity contribution is 4.63. The molecule has 1 fully saturated rings. The Labute approximate surface area is 61.7 Å². The standard InChI is InChI=1S/C6H16N4/c7-1-2-9-10-5-3-8-4-6-10/h8-9H,1-7H2. The van der Waals surface area contributed by atoms with Gasteiger partial charge in [0.05, 0.1) is 0 Å². The molecule has 10 heavy (non-hydrogen) atoms. The maximum atomic E-state index is 5.34. The molecule has 0 saturated carbocycles. The van der Waals surface area contributed by atoms with Crippen molar-refractivity contribution in [2.24, 2.45) is 5.73 Å². The Hall–Kier alpha value is -0.160. The summed E-state index contributed by atoms with van der Waals surface area (Å²) in [5.74, 6) is 0. The molecule has 0 aromatic heterocycles. The molecule has 4 nitrogen and oxygen atoms in total. The van der Waals surface area contributed by atoms with E-state index in [0.29, 0.717) is 6.54 Å². The lowest BCUT2D eigenvalue weighted by Crippen LogP contribution is -2.51. The van der Waals surface area contributed by atoms with E-state index >= 15 is 0 Å². The van der Waals surface area contributed by atoms with Gasteiger partial charge in [0.2, 0.25) is 0 Å². The Morgan fingerprint density at radius 1 is 1.40 bits per heavy atom. The van der Waals surface area contributed by atoms with Crippen molar-refractivity contribution in [3.8, 4) is 0 Å². The molecule has 0 unspecified atom stereocenters. The van der Waals surface area contributed by atoms with Crippen molar-refractivity contribution in [3.05, 3.63) is 0 Å². The third kappa shape index (κ3) is 2.62. The molecule has 0 aromatic carbocycles. The van der Waals surface area contributed by atoms with Crippen molar-refractivity contribution < 1.29 is 0 Å². The fourth-order valence-corrected chi connectivity index (χ4v) is 1.05. The zero-order valence-electron chi connectivity index (χ0n) is 6.27. The van der Waals surface area contributed by atoms with Crippen molar-refractivity contribution >= 4 is 0 Å². The molecule has 0 bridgehead atoms. The highest BCUT2D eigenvalue weighted by atomic mass is 15.5. The van der Waals surface area contributed by atoms with Gasteiger partial charge in [0.15, 0.2) is 0 Å². The molecule has 0 spiro atoms. The zero-order chi connectivity index (χ0) is 7.23. The topological polar surface area (TPSA) is 53.3 Å². The van der Waals surface area contributed by atoms with Crippen molar-refractivity contribution in [1.29, 1.82) is 0 Å². The fourth-order valence-electron chi connectivity index (χ4n) is 1.05. The first kappa shape index (κ1) is 7.94. The van der Waals surface area contributed by atoms with E-state index in [1.165, 1.54) is 0 Å². The lowest BCUT2D eigenvalue weighted by molar-refractivity contribution is 0.167. The van der Waals surface area contributed by atoms with Gasteiger partial charge < -0.3 is 11.1 Å². The third-order valence-corrected chi connectivity index (χ3v) is 1.60. The first-order chi connectivity index (χ1) is 4.93. The van der Waals surface area contributed by atoms with Gasteiger partial charge in [-0.2, -0.15) is 0 Å². The summed E-state index contributed by atoms with van der Waals surface area (Å²) in [6.45, 7) is 5.93. The van der Waals surface area contributed by atoms with E-state index in [0.717, 1.165) is 32.7 Å². The zero-order valence-corrected chi connectivity index (χ0v) is 6.27. The summed E-state index contributed by atoms with van der Waals surface area (Å²) in [5, 5.41) is 5.49. The molecule has 0 aromatic rings. The Balaban J connectivity index is 2.02. The van der Waals surface area contributed by atoms with Gasteiger partial charge in [-0.3, -0.25) is 5.43 Å². The molecule has 0 radical (unpaired) electrons. The summed E-state index contributed by atoms with van der Waals surface area (Å²) < 4.78 is 0. The highest BCUT2D eigenvalue weighted by Gasteiger charge is 2.06. The summed E-state index contributed by atoms with van der Waals surface area (Å²) >= 11 is 0. The lowest BCUT2D eigenvalue weighted by atomic mass is 10.4. The minimum absolute atomic E-state index is 0.712. The summed E-state index contributed by atoms with van der Waals surface area (Å²) in [4.78, 5) is 0. The molecule has 4 heteroatoms. The van der Waals surface area contributed by atoms with Gasteiger partial charge >= 0.3 is 0 Å². The minimum atomic E-state index is 0.712. The highest BCUT2D eigenvalue weighted by Crippen LogP contribution is 1.84. The van der Waals surface area contributed by atoms with E-state index in [4.69, 9.17) is 5.73 Å². The molecule has 60 valence electrons. The Morgan fingerprint density at radius 2 is 2.10 bits per heavy atom. The second-order valence-corrected chi connectivity index (χ2v) is 2.43. The number of rotatable bonds is 3. The van der Waals surface area contributed by atoms with E-state index in [1.54, 1.807) is 0 Å². The van der Waals surface area contributed by atoms with Gasteiger partial charge in [-0.05, 0) is 0 Å². The van der Waals surface area contributed by atoms with E-state index in [2.05, 4.69) is 15.8 Å². The van der Waals surface area contributed by atoms with Crippen LogP contribution in [0.2, 0.25) is 0 Å². The van der Waals surface area contributed by atoms with Crippen LogP contribution in [-0.2, 0) is 0 Å². The van der Waals surface area contributed by atoms with E-state index in [1.807, 2.05) is 0 Å². The molecular weight excluding hydrogens is 128 g/mol. The number of hydrogen-bond donors (Lipinski definition) is 3. The number of hydrogen-bond acceptors (Lipinski definition) is 4. The van der Waals surface area contributed by atoms with Crippen LogP contribution in [0, 0.1) is 0 Å². The van der Waals surface area contributed by atoms with Crippen LogP contribution in [0.1, 0.15) is 0 Å². The van der Waals surface area contributed by atoms with Crippen LogP contribution < -0.4 is 16.5 Å². The van der Waals surface area contributed by atoms with Crippen molar-refractivity contribution in [2.75, 3.05) is 39.3 Å². The Kier molecular flexibility index (Phi) is 3.67. The van der Waals surface area contributed by atoms with Crippen molar-refractivity contribution in [2.45, 2.75) is 0 Å². The van der Waals surface area contributed by atoms with Gasteiger partial charge in [0.25, 0.3) is 0 Å². The third-order valence-electron chi connectivity index (χ3n) is 1.60. The van der Waals surface area contributed by atoms with Crippen LogP contribution in [0.3, 0.4) is 0 Å².